The summed E-state index contributed by atoms with van der Waals surface area (Å²) in [5.74, 6) is -2.39. The van der Waals surface area contributed by atoms with Crippen LogP contribution in [0.15, 0.2) is 23.1 Å². The normalized spacial score (nSPS) is 15.6. The number of ether oxygens (including phenoxy) is 1. The van der Waals surface area contributed by atoms with Gasteiger partial charge in [0.1, 0.15) is 12.3 Å². The first-order valence-corrected chi connectivity index (χ1v) is 8.58. The number of esters is 1. The minimum atomic E-state index is -0.945. The van der Waals surface area contributed by atoms with Crippen molar-refractivity contribution in [2.45, 2.75) is 19.8 Å². The van der Waals surface area contributed by atoms with Crippen LogP contribution in [0.5, 0.6) is 5.75 Å². The number of phenols is 1. The summed E-state index contributed by atoms with van der Waals surface area (Å²) in [6.45, 7) is 1.29. The Bertz CT molecular complexity index is 787. The largest absolute Gasteiger partial charge is 0.507 e. The van der Waals surface area contributed by atoms with E-state index >= 15 is 0 Å². The third kappa shape index (κ3) is 4.85. The molecule has 1 saturated heterocycles. The summed E-state index contributed by atoms with van der Waals surface area (Å²) in [6.07, 6.45) is 1.54. The fourth-order valence-electron chi connectivity index (χ4n) is 2.24. The lowest BCUT2D eigenvalue weighted by Gasteiger charge is -2.10. The first kappa shape index (κ1) is 19.5. The molecule has 138 valence electrons. The highest BCUT2D eigenvalue weighted by molar-refractivity contribution is 8.18. The summed E-state index contributed by atoms with van der Waals surface area (Å²) in [5.41, 5.74) is 0.955. The highest BCUT2D eigenvalue weighted by atomic mass is 32.2. The standard InChI is InChI=1S/C17H17NO7S/c1-2-25-15(22)9-18-16(23)13(26-17(18)24)8-11-7-10(3-5-12(11)19)4-6-14(20)21/h3,5,7-8,19H,2,4,6,9H2,1H3,(H,20,21)/b13-8-. The number of benzene rings is 1. The number of amides is 2. The van der Waals surface area contributed by atoms with E-state index in [-0.39, 0.29) is 35.7 Å². The highest BCUT2D eigenvalue weighted by Gasteiger charge is 2.36. The van der Waals surface area contributed by atoms with Crippen LogP contribution in [0.2, 0.25) is 0 Å². The van der Waals surface area contributed by atoms with Crippen molar-refractivity contribution in [1.82, 2.24) is 4.90 Å². The van der Waals surface area contributed by atoms with E-state index in [9.17, 15) is 24.3 Å². The fraction of sp³-hybridized carbons (Fsp3) is 0.294. The number of nitrogens with zero attached hydrogens (tertiary/aromatic N) is 1. The van der Waals surface area contributed by atoms with Gasteiger partial charge in [-0.15, -0.1) is 0 Å². The van der Waals surface area contributed by atoms with Gasteiger partial charge < -0.3 is 14.9 Å². The lowest BCUT2D eigenvalue weighted by Crippen LogP contribution is -2.34. The van der Waals surface area contributed by atoms with Gasteiger partial charge >= 0.3 is 11.9 Å². The van der Waals surface area contributed by atoms with E-state index in [0.29, 0.717) is 17.3 Å². The molecular formula is C17H17NO7S. The fourth-order valence-corrected chi connectivity index (χ4v) is 3.07. The predicted molar refractivity (Wildman–Crippen MR) is 93.4 cm³/mol. The maximum atomic E-state index is 12.3. The van der Waals surface area contributed by atoms with Gasteiger partial charge in [0.25, 0.3) is 11.1 Å². The maximum absolute atomic E-state index is 12.3. The molecule has 0 aromatic heterocycles. The summed E-state index contributed by atoms with van der Waals surface area (Å²) < 4.78 is 4.73. The van der Waals surface area contributed by atoms with E-state index in [2.05, 4.69) is 0 Å². The van der Waals surface area contributed by atoms with Crippen molar-refractivity contribution >= 4 is 40.9 Å². The molecule has 0 unspecified atom stereocenters. The van der Waals surface area contributed by atoms with Crippen molar-refractivity contribution < 1.29 is 34.1 Å². The minimum absolute atomic E-state index is 0.0602. The van der Waals surface area contributed by atoms with Crippen molar-refractivity contribution in [1.29, 1.82) is 0 Å². The van der Waals surface area contributed by atoms with Gasteiger partial charge in [-0.05, 0) is 48.9 Å². The Morgan fingerprint density at radius 3 is 2.69 bits per heavy atom. The van der Waals surface area contributed by atoms with Crippen LogP contribution in [-0.4, -0.2) is 51.3 Å². The molecule has 2 N–H and O–H groups in total. The third-order valence-electron chi connectivity index (χ3n) is 3.47. The SMILES string of the molecule is CCOC(=O)CN1C(=O)S/C(=C\c2cc(CCC(=O)O)ccc2O)C1=O. The molecule has 0 saturated carbocycles. The summed E-state index contributed by atoms with van der Waals surface area (Å²) in [6, 6.07) is 4.53. The van der Waals surface area contributed by atoms with Gasteiger partial charge in [-0.25, -0.2) is 0 Å². The van der Waals surface area contributed by atoms with Crippen LogP contribution in [0.3, 0.4) is 0 Å². The number of rotatable bonds is 7. The predicted octanol–water partition coefficient (Wildman–Crippen LogP) is 2.01. The van der Waals surface area contributed by atoms with E-state index < -0.39 is 29.6 Å². The molecule has 1 aliphatic heterocycles. The number of thioether (sulfide) groups is 1. The molecule has 9 heteroatoms. The zero-order valence-corrected chi connectivity index (χ0v) is 14.7. The number of carboxylic acids is 1. The number of aromatic hydroxyl groups is 1. The van der Waals surface area contributed by atoms with E-state index in [1.807, 2.05) is 0 Å². The molecule has 1 aliphatic rings. The summed E-state index contributed by atoms with van der Waals surface area (Å²) in [7, 11) is 0. The van der Waals surface area contributed by atoms with Gasteiger partial charge in [0.05, 0.1) is 11.5 Å². The molecule has 1 heterocycles. The molecule has 2 rings (SSSR count). The first-order chi connectivity index (χ1) is 12.3. The van der Waals surface area contributed by atoms with Crippen molar-refractivity contribution in [2.24, 2.45) is 0 Å². The van der Waals surface area contributed by atoms with E-state index in [1.165, 1.54) is 12.1 Å². The van der Waals surface area contributed by atoms with Crippen molar-refractivity contribution in [3.8, 4) is 5.75 Å². The average Bonchev–Trinajstić information content (AvgIpc) is 2.83. The molecule has 0 spiro atoms. The van der Waals surface area contributed by atoms with Gasteiger partial charge in [0.15, 0.2) is 0 Å². The second kappa shape index (κ2) is 8.52. The molecule has 26 heavy (non-hydrogen) atoms. The Kier molecular flexibility index (Phi) is 6.40. The number of hydrogen-bond acceptors (Lipinski definition) is 7. The number of carbonyl (C=O) groups is 4. The Balaban J connectivity index is 2.20. The number of carbonyl (C=O) groups excluding carboxylic acids is 3. The molecule has 1 fully saturated rings. The topological polar surface area (TPSA) is 121 Å². The molecule has 8 nitrogen and oxygen atoms in total. The summed E-state index contributed by atoms with van der Waals surface area (Å²) in [5, 5.41) is 18.1. The molecule has 0 bridgehead atoms. The minimum Gasteiger partial charge on any atom is -0.507 e. The third-order valence-corrected chi connectivity index (χ3v) is 4.38. The van der Waals surface area contributed by atoms with Crippen LogP contribution in [0.4, 0.5) is 4.79 Å². The summed E-state index contributed by atoms with van der Waals surface area (Å²) >= 11 is 0.655. The Hall–Kier alpha value is -2.81. The zero-order valence-electron chi connectivity index (χ0n) is 13.9. The van der Waals surface area contributed by atoms with Gasteiger partial charge in [0.2, 0.25) is 0 Å². The van der Waals surface area contributed by atoms with Crippen LogP contribution < -0.4 is 0 Å². The molecule has 1 aromatic rings. The summed E-state index contributed by atoms with van der Waals surface area (Å²) in [4.78, 5) is 47.3. The van der Waals surface area contributed by atoms with Gasteiger partial charge in [0, 0.05) is 12.0 Å². The Morgan fingerprint density at radius 1 is 1.31 bits per heavy atom. The highest BCUT2D eigenvalue weighted by Crippen LogP contribution is 2.34. The zero-order chi connectivity index (χ0) is 19.3. The number of aryl methyl sites for hydroxylation is 1. The van der Waals surface area contributed by atoms with Crippen LogP contribution >= 0.6 is 11.8 Å². The lowest BCUT2D eigenvalue weighted by molar-refractivity contribution is -0.146. The quantitative estimate of drug-likeness (QED) is 0.545. The lowest BCUT2D eigenvalue weighted by atomic mass is 10.0. The smallest absolute Gasteiger partial charge is 0.326 e. The van der Waals surface area contributed by atoms with Gasteiger partial charge in [-0.1, -0.05) is 6.07 Å². The number of imide groups is 1. The maximum Gasteiger partial charge on any atom is 0.326 e. The first-order valence-electron chi connectivity index (χ1n) is 7.76. The monoisotopic (exact) mass is 379 g/mol. The van der Waals surface area contributed by atoms with Gasteiger partial charge in [-0.3, -0.25) is 24.1 Å². The van der Waals surface area contributed by atoms with E-state index in [1.54, 1.807) is 19.1 Å². The molecular weight excluding hydrogens is 362 g/mol. The Labute approximate surface area is 153 Å². The van der Waals surface area contributed by atoms with Gasteiger partial charge in [-0.2, -0.15) is 0 Å². The molecule has 0 aliphatic carbocycles. The number of hydrogen-bond donors (Lipinski definition) is 2. The second-order valence-corrected chi connectivity index (χ2v) is 6.35. The number of phenolic OH excluding ortho intramolecular Hbond substituents is 1. The van der Waals surface area contributed by atoms with E-state index in [0.717, 1.165) is 4.90 Å². The van der Waals surface area contributed by atoms with Crippen LogP contribution in [-0.2, 0) is 25.5 Å². The molecule has 1 aromatic carbocycles. The van der Waals surface area contributed by atoms with E-state index in [4.69, 9.17) is 9.84 Å². The van der Waals surface area contributed by atoms with Crippen molar-refractivity contribution in [2.75, 3.05) is 13.2 Å². The average molecular weight is 379 g/mol. The second-order valence-electron chi connectivity index (χ2n) is 5.36. The molecule has 0 radical (unpaired) electrons. The number of carboxylic acid groups (broad SMARTS) is 1. The van der Waals surface area contributed by atoms with Crippen molar-refractivity contribution in [3.05, 3.63) is 34.2 Å². The van der Waals surface area contributed by atoms with Crippen LogP contribution in [0, 0.1) is 0 Å². The molecule has 0 atom stereocenters. The van der Waals surface area contributed by atoms with Crippen molar-refractivity contribution in [3.63, 3.8) is 0 Å². The van der Waals surface area contributed by atoms with Crippen LogP contribution in [0.1, 0.15) is 24.5 Å². The van der Waals surface area contributed by atoms with Crippen LogP contribution in [0.25, 0.3) is 6.08 Å². The Morgan fingerprint density at radius 2 is 2.04 bits per heavy atom. The molecule has 2 amide bonds. The number of aliphatic carboxylic acids is 1.